The maximum atomic E-state index is 12.5. The highest BCUT2D eigenvalue weighted by Crippen LogP contribution is 2.37. The molecule has 7 heteroatoms. The smallest absolute Gasteiger partial charge is 0.416 e. The molecule has 0 saturated carbocycles. The van der Waals surface area contributed by atoms with E-state index in [1.165, 1.54) is 12.1 Å². The standard InChI is InChI=1S/C13H6Cl2F3O2/c14-9-3-2-8(6-11(9)19)20-12-4-1-7(5-10(12)15)13(16,17)18/h1-6H. The fourth-order valence-electron chi connectivity index (χ4n) is 1.43. The predicted molar refractivity (Wildman–Crippen MR) is 68.1 cm³/mol. The largest absolute Gasteiger partial charge is 0.456 e. The van der Waals surface area contributed by atoms with E-state index in [2.05, 4.69) is 0 Å². The summed E-state index contributed by atoms with van der Waals surface area (Å²) in [6, 6.07) is 6.55. The molecule has 2 nitrogen and oxygen atoms in total. The van der Waals surface area contributed by atoms with Crippen molar-refractivity contribution >= 4 is 23.2 Å². The van der Waals surface area contributed by atoms with Crippen LogP contribution in [-0.4, -0.2) is 0 Å². The zero-order valence-electron chi connectivity index (χ0n) is 9.67. The summed E-state index contributed by atoms with van der Waals surface area (Å²) in [6.07, 6.45) is -4.48. The minimum atomic E-state index is -4.48. The van der Waals surface area contributed by atoms with Crippen molar-refractivity contribution in [3.63, 3.8) is 0 Å². The van der Waals surface area contributed by atoms with Crippen molar-refractivity contribution in [3.05, 3.63) is 52.0 Å². The Morgan fingerprint density at radius 3 is 2.20 bits per heavy atom. The van der Waals surface area contributed by atoms with Crippen molar-refractivity contribution in [2.24, 2.45) is 0 Å². The Kier molecular flexibility index (Phi) is 4.01. The quantitative estimate of drug-likeness (QED) is 0.672. The number of halogens is 5. The van der Waals surface area contributed by atoms with E-state index in [-0.39, 0.29) is 21.5 Å². The lowest BCUT2D eigenvalue weighted by Crippen LogP contribution is -2.04. The molecule has 0 aliphatic carbocycles. The lowest BCUT2D eigenvalue weighted by atomic mass is 10.2. The van der Waals surface area contributed by atoms with Gasteiger partial charge in [-0.05, 0) is 30.3 Å². The van der Waals surface area contributed by atoms with Gasteiger partial charge in [0.05, 0.1) is 15.6 Å². The number of hydrogen-bond donors (Lipinski definition) is 0. The molecule has 0 amide bonds. The summed E-state index contributed by atoms with van der Waals surface area (Å²) in [4.78, 5) is 0. The van der Waals surface area contributed by atoms with Gasteiger partial charge in [-0.1, -0.05) is 23.2 Å². The Morgan fingerprint density at radius 2 is 1.65 bits per heavy atom. The molecule has 0 aromatic heterocycles. The highest BCUT2D eigenvalue weighted by Gasteiger charge is 2.31. The molecular formula is C13H6Cl2F3O2. The maximum absolute atomic E-state index is 12.5. The van der Waals surface area contributed by atoms with Crippen molar-refractivity contribution in [2.45, 2.75) is 6.18 Å². The van der Waals surface area contributed by atoms with Gasteiger partial charge in [-0.3, -0.25) is 5.11 Å². The average molecular weight is 322 g/mol. The van der Waals surface area contributed by atoms with Crippen LogP contribution in [0.4, 0.5) is 13.2 Å². The molecule has 0 bridgehead atoms. The third kappa shape index (κ3) is 3.29. The van der Waals surface area contributed by atoms with Crippen LogP contribution in [0.3, 0.4) is 0 Å². The van der Waals surface area contributed by atoms with Gasteiger partial charge in [0.15, 0.2) is 0 Å². The highest BCUT2D eigenvalue weighted by atomic mass is 35.5. The van der Waals surface area contributed by atoms with Gasteiger partial charge in [0.1, 0.15) is 11.5 Å². The van der Waals surface area contributed by atoms with Crippen LogP contribution in [0.15, 0.2) is 36.4 Å². The first-order valence-electron chi connectivity index (χ1n) is 5.28. The van der Waals surface area contributed by atoms with E-state index in [4.69, 9.17) is 27.9 Å². The summed E-state index contributed by atoms with van der Waals surface area (Å²) in [5.74, 6) is -0.297. The fourth-order valence-corrected chi connectivity index (χ4v) is 1.77. The van der Waals surface area contributed by atoms with Crippen LogP contribution in [0, 0.1) is 0 Å². The van der Waals surface area contributed by atoms with Gasteiger partial charge in [0.2, 0.25) is 5.75 Å². The Hall–Kier alpha value is -1.59. The number of alkyl halides is 3. The molecule has 0 aliphatic heterocycles. The second kappa shape index (κ2) is 5.42. The highest BCUT2D eigenvalue weighted by molar-refractivity contribution is 6.32. The Bertz CT molecular complexity index is 642. The molecule has 0 unspecified atom stereocenters. The Morgan fingerprint density at radius 1 is 0.950 bits per heavy atom. The van der Waals surface area contributed by atoms with Gasteiger partial charge in [0, 0.05) is 6.07 Å². The summed E-state index contributed by atoms with van der Waals surface area (Å²) in [5.41, 5.74) is -0.879. The van der Waals surface area contributed by atoms with Gasteiger partial charge in [-0.2, -0.15) is 13.2 Å². The molecule has 0 atom stereocenters. The second-order valence-corrected chi connectivity index (χ2v) is 4.65. The van der Waals surface area contributed by atoms with Crippen LogP contribution in [0.25, 0.3) is 0 Å². The van der Waals surface area contributed by atoms with Gasteiger partial charge < -0.3 is 4.74 Å². The lowest BCUT2D eigenvalue weighted by Gasteiger charge is -2.11. The van der Waals surface area contributed by atoms with Crippen LogP contribution >= 0.6 is 23.2 Å². The van der Waals surface area contributed by atoms with E-state index in [0.717, 1.165) is 24.3 Å². The minimum absolute atomic E-state index is 0.0152. The monoisotopic (exact) mass is 321 g/mol. The van der Waals surface area contributed by atoms with Crippen LogP contribution < -0.4 is 4.74 Å². The van der Waals surface area contributed by atoms with Gasteiger partial charge in [0.25, 0.3) is 0 Å². The summed E-state index contributed by atoms with van der Waals surface area (Å²) in [7, 11) is 0. The predicted octanol–water partition coefficient (Wildman–Crippen LogP) is 5.95. The molecule has 2 rings (SSSR count). The van der Waals surface area contributed by atoms with Crippen LogP contribution in [0.2, 0.25) is 10.0 Å². The summed E-state index contributed by atoms with van der Waals surface area (Å²) < 4.78 is 42.7. The Labute approximate surface area is 122 Å². The molecule has 2 aromatic carbocycles. The van der Waals surface area contributed by atoms with Gasteiger partial charge in [-0.15, -0.1) is 0 Å². The van der Waals surface area contributed by atoms with Crippen molar-refractivity contribution in [1.29, 1.82) is 0 Å². The molecule has 0 N–H and O–H groups in total. The molecular weight excluding hydrogens is 316 g/mol. The third-order valence-electron chi connectivity index (χ3n) is 2.39. The molecule has 0 fully saturated rings. The van der Waals surface area contributed by atoms with E-state index < -0.39 is 17.5 Å². The summed E-state index contributed by atoms with van der Waals surface area (Å²) in [5, 5.41) is 11.1. The van der Waals surface area contributed by atoms with Gasteiger partial charge >= 0.3 is 6.18 Å². The molecule has 0 aliphatic rings. The van der Waals surface area contributed by atoms with Crippen molar-refractivity contribution in [1.82, 2.24) is 0 Å². The molecule has 0 saturated heterocycles. The SMILES string of the molecule is [O]c1cc(Oc2ccc(C(F)(F)F)cc2Cl)ccc1Cl. The normalized spacial score (nSPS) is 11.4. The van der Waals surface area contributed by atoms with E-state index in [1.54, 1.807) is 0 Å². The molecule has 1 radical (unpaired) electrons. The van der Waals surface area contributed by atoms with Crippen molar-refractivity contribution in [3.8, 4) is 17.2 Å². The lowest BCUT2D eigenvalue weighted by molar-refractivity contribution is -0.137. The number of hydrogen-bond acceptors (Lipinski definition) is 1. The maximum Gasteiger partial charge on any atom is 0.416 e. The number of rotatable bonds is 2. The van der Waals surface area contributed by atoms with Crippen LogP contribution in [0.1, 0.15) is 5.56 Å². The summed E-state index contributed by atoms with van der Waals surface area (Å²) >= 11 is 11.3. The first kappa shape index (κ1) is 14.8. The average Bonchev–Trinajstić information content (AvgIpc) is 2.35. The Balaban J connectivity index is 2.28. The molecule has 2 aromatic rings. The first-order chi connectivity index (χ1) is 9.27. The van der Waals surface area contributed by atoms with E-state index in [1.807, 2.05) is 0 Å². The fraction of sp³-hybridized carbons (Fsp3) is 0.0769. The first-order valence-corrected chi connectivity index (χ1v) is 6.04. The van der Waals surface area contributed by atoms with Gasteiger partial charge in [-0.25, -0.2) is 0 Å². The zero-order valence-corrected chi connectivity index (χ0v) is 11.2. The van der Waals surface area contributed by atoms with Crippen molar-refractivity contribution in [2.75, 3.05) is 0 Å². The molecule has 0 spiro atoms. The van der Waals surface area contributed by atoms with E-state index in [9.17, 15) is 18.3 Å². The van der Waals surface area contributed by atoms with Crippen LogP contribution in [0.5, 0.6) is 17.2 Å². The number of benzene rings is 2. The molecule has 0 heterocycles. The van der Waals surface area contributed by atoms with Crippen molar-refractivity contribution < 1.29 is 23.0 Å². The van der Waals surface area contributed by atoms with E-state index in [0.29, 0.717) is 0 Å². The minimum Gasteiger partial charge on any atom is -0.456 e. The summed E-state index contributed by atoms with van der Waals surface area (Å²) in [6.45, 7) is 0. The zero-order chi connectivity index (χ0) is 14.9. The third-order valence-corrected chi connectivity index (χ3v) is 3.00. The van der Waals surface area contributed by atoms with E-state index >= 15 is 0 Å². The second-order valence-electron chi connectivity index (χ2n) is 3.84. The topological polar surface area (TPSA) is 29.1 Å². The number of ether oxygens (including phenoxy) is 1. The molecule has 20 heavy (non-hydrogen) atoms. The molecule has 105 valence electrons. The van der Waals surface area contributed by atoms with Crippen LogP contribution in [-0.2, 0) is 11.3 Å².